The molecule has 3 rings (SSSR count). The summed E-state index contributed by atoms with van der Waals surface area (Å²) in [6.07, 6.45) is 3.87. The van der Waals surface area contributed by atoms with Gasteiger partial charge in [0.15, 0.2) is 5.78 Å². The fraction of sp³-hybridized carbons (Fsp3) is 0.440. The Morgan fingerprint density at radius 2 is 1.64 bits per heavy atom. The lowest BCUT2D eigenvalue weighted by molar-refractivity contribution is -0.124. The van der Waals surface area contributed by atoms with Crippen LogP contribution in [0.2, 0.25) is 0 Å². The zero-order chi connectivity index (χ0) is 24.2. The van der Waals surface area contributed by atoms with E-state index >= 15 is 0 Å². The van der Waals surface area contributed by atoms with E-state index in [0.29, 0.717) is 18.4 Å². The fourth-order valence-corrected chi connectivity index (χ4v) is 4.52. The molecule has 0 radical (unpaired) electrons. The number of Topliss-reactive ketones (excluding diaryl/α,β-unsaturated/α-hetero) is 1. The van der Waals surface area contributed by atoms with E-state index in [1.54, 1.807) is 0 Å². The highest BCUT2D eigenvalue weighted by Gasteiger charge is 2.31. The average molecular weight is 474 g/mol. The number of rotatable bonds is 6. The molecule has 0 bridgehead atoms. The Bertz CT molecular complexity index is 1020. The van der Waals surface area contributed by atoms with Crippen LogP contribution in [0.5, 0.6) is 5.75 Å². The second kappa shape index (κ2) is 10.2. The number of hydrogen-bond donors (Lipinski definition) is 3. The minimum absolute atomic E-state index is 0.0389. The van der Waals surface area contributed by atoms with Gasteiger partial charge in [0.05, 0.1) is 6.04 Å². The average Bonchev–Trinajstić information content (AvgIpc) is 2.89. The number of nitrogens with one attached hydrogen (secondary N) is 1. The Labute approximate surface area is 194 Å². The third-order valence-electron chi connectivity index (χ3n) is 5.99. The number of benzene rings is 2. The Kier molecular flexibility index (Phi) is 7.78. The predicted octanol–water partition coefficient (Wildman–Crippen LogP) is 4.56. The zero-order valence-electron chi connectivity index (χ0n) is 19.3. The summed E-state index contributed by atoms with van der Waals surface area (Å²) in [7, 11) is -4.66. The largest absolute Gasteiger partial charge is 0.524 e. The second-order valence-corrected chi connectivity index (χ2v) is 10.8. The van der Waals surface area contributed by atoms with Gasteiger partial charge in [-0.15, -0.1) is 0 Å². The molecular weight excluding hydrogens is 441 g/mol. The number of phosphoric ester groups is 1. The lowest BCUT2D eigenvalue weighted by Crippen LogP contribution is -2.43. The van der Waals surface area contributed by atoms with Crippen LogP contribution in [0.3, 0.4) is 0 Å². The molecular formula is C25H32NO6P. The molecule has 33 heavy (non-hydrogen) atoms. The smallest absolute Gasteiger partial charge is 0.404 e. The van der Waals surface area contributed by atoms with Crippen molar-refractivity contribution in [2.45, 2.75) is 64.3 Å². The van der Waals surface area contributed by atoms with Crippen molar-refractivity contribution < 1.29 is 28.5 Å². The van der Waals surface area contributed by atoms with E-state index in [1.807, 2.05) is 0 Å². The van der Waals surface area contributed by atoms with Crippen LogP contribution < -0.4 is 9.84 Å². The van der Waals surface area contributed by atoms with E-state index in [0.717, 1.165) is 24.8 Å². The van der Waals surface area contributed by atoms with Crippen molar-refractivity contribution in [2.24, 2.45) is 5.92 Å². The fourth-order valence-electron chi connectivity index (χ4n) is 4.13. The molecule has 1 amide bonds. The SMILES string of the molecule is CC(C)(C)c1ccc(CC2CCCCC(NC(=O)c3ccc(OP(=O)(O)O)cc3)C2=O)cc1. The first-order valence-electron chi connectivity index (χ1n) is 11.2. The molecule has 0 aromatic heterocycles. The second-order valence-electron chi connectivity index (χ2n) is 9.67. The highest BCUT2D eigenvalue weighted by atomic mass is 31.2. The maximum Gasteiger partial charge on any atom is 0.524 e. The standard InChI is InChI=1S/C25H32NO6P/c1-25(2,3)20-12-8-17(9-13-20)16-19-6-4-5-7-22(23(19)27)26-24(28)18-10-14-21(15-11-18)32-33(29,30)31/h8-15,19,22H,4-7,16H2,1-3H3,(H,26,28)(H2,29,30,31). The van der Waals surface area contributed by atoms with E-state index in [4.69, 9.17) is 9.79 Å². The number of ketones is 1. The van der Waals surface area contributed by atoms with E-state index in [2.05, 4.69) is 54.9 Å². The van der Waals surface area contributed by atoms with E-state index in [9.17, 15) is 14.2 Å². The number of amides is 1. The van der Waals surface area contributed by atoms with Crippen LogP contribution in [0.15, 0.2) is 48.5 Å². The van der Waals surface area contributed by atoms with Gasteiger partial charge in [0.25, 0.3) is 5.91 Å². The quantitative estimate of drug-likeness (QED) is 0.419. The van der Waals surface area contributed by atoms with Crippen molar-refractivity contribution in [3.63, 3.8) is 0 Å². The van der Waals surface area contributed by atoms with Gasteiger partial charge in [-0.05, 0) is 60.1 Å². The van der Waals surface area contributed by atoms with Crippen molar-refractivity contribution in [2.75, 3.05) is 0 Å². The third-order valence-corrected chi connectivity index (χ3v) is 6.44. The van der Waals surface area contributed by atoms with E-state index in [1.165, 1.54) is 29.8 Å². The molecule has 1 aliphatic rings. The molecule has 1 saturated carbocycles. The van der Waals surface area contributed by atoms with Gasteiger partial charge in [-0.2, -0.15) is 0 Å². The molecule has 7 nitrogen and oxygen atoms in total. The van der Waals surface area contributed by atoms with E-state index in [-0.39, 0.29) is 22.9 Å². The highest BCUT2D eigenvalue weighted by molar-refractivity contribution is 7.46. The van der Waals surface area contributed by atoms with Gasteiger partial charge in [0.2, 0.25) is 0 Å². The molecule has 1 aliphatic carbocycles. The Morgan fingerprint density at radius 1 is 1.03 bits per heavy atom. The van der Waals surface area contributed by atoms with Crippen LogP contribution in [0, 0.1) is 5.92 Å². The van der Waals surface area contributed by atoms with Gasteiger partial charge in [-0.25, -0.2) is 4.57 Å². The highest BCUT2D eigenvalue weighted by Crippen LogP contribution is 2.37. The predicted molar refractivity (Wildman–Crippen MR) is 126 cm³/mol. The maximum atomic E-state index is 13.2. The summed E-state index contributed by atoms with van der Waals surface area (Å²) < 4.78 is 15.4. The van der Waals surface area contributed by atoms with Crippen molar-refractivity contribution in [1.82, 2.24) is 5.32 Å². The molecule has 2 unspecified atom stereocenters. The molecule has 1 fully saturated rings. The zero-order valence-corrected chi connectivity index (χ0v) is 20.2. The Balaban J connectivity index is 1.65. The summed E-state index contributed by atoms with van der Waals surface area (Å²) in [5, 5.41) is 2.85. The van der Waals surface area contributed by atoms with Crippen LogP contribution in [0.25, 0.3) is 0 Å². The van der Waals surface area contributed by atoms with Crippen molar-refractivity contribution >= 4 is 19.5 Å². The summed E-state index contributed by atoms with van der Waals surface area (Å²) in [5.41, 5.74) is 2.74. The number of carbonyl (C=O) groups excluding carboxylic acids is 2. The summed E-state index contributed by atoms with van der Waals surface area (Å²) in [6, 6.07) is 13.3. The molecule has 0 heterocycles. The molecule has 3 N–H and O–H groups in total. The summed E-state index contributed by atoms with van der Waals surface area (Å²) in [5.74, 6) is -0.520. The van der Waals surface area contributed by atoms with Gasteiger partial charge in [0, 0.05) is 11.5 Å². The summed E-state index contributed by atoms with van der Waals surface area (Å²) in [6.45, 7) is 6.51. The lowest BCUT2D eigenvalue weighted by atomic mass is 9.85. The minimum atomic E-state index is -4.66. The van der Waals surface area contributed by atoms with Crippen molar-refractivity contribution in [3.05, 3.63) is 65.2 Å². The molecule has 0 aliphatic heterocycles. The Hall–Kier alpha value is -2.47. The first-order chi connectivity index (χ1) is 15.4. The number of hydrogen-bond acceptors (Lipinski definition) is 4. The molecule has 2 aromatic rings. The third kappa shape index (κ3) is 7.26. The number of phosphoric acid groups is 1. The molecule has 8 heteroatoms. The lowest BCUT2D eigenvalue weighted by Gasteiger charge is -2.22. The summed E-state index contributed by atoms with van der Waals surface area (Å²) in [4.78, 5) is 43.7. The first-order valence-corrected chi connectivity index (χ1v) is 12.7. The van der Waals surface area contributed by atoms with Gasteiger partial charge in [-0.3, -0.25) is 19.4 Å². The van der Waals surface area contributed by atoms with Crippen LogP contribution in [0.4, 0.5) is 0 Å². The van der Waals surface area contributed by atoms with Crippen LogP contribution in [-0.2, 0) is 21.2 Å². The van der Waals surface area contributed by atoms with Crippen LogP contribution in [0.1, 0.15) is 67.9 Å². The monoisotopic (exact) mass is 473 g/mol. The number of carbonyl (C=O) groups is 2. The minimum Gasteiger partial charge on any atom is -0.404 e. The van der Waals surface area contributed by atoms with Gasteiger partial charge >= 0.3 is 7.82 Å². The van der Waals surface area contributed by atoms with Crippen LogP contribution in [-0.4, -0.2) is 27.5 Å². The maximum absolute atomic E-state index is 13.2. The first kappa shape index (κ1) is 25.2. The Morgan fingerprint density at radius 3 is 2.21 bits per heavy atom. The molecule has 2 aromatic carbocycles. The van der Waals surface area contributed by atoms with Gasteiger partial charge in [-0.1, -0.05) is 57.9 Å². The molecule has 2 atom stereocenters. The van der Waals surface area contributed by atoms with Gasteiger partial charge < -0.3 is 9.84 Å². The summed E-state index contributed by atoms with van der Waals surface area (Å²) >= 11 is 0. The van der Waals surface area contributed by atoms with Crippen LogP contribution >= 0.6 is 7.82 Å². The molecule has 178 valence electrons. The topological polar surface area (TPSA) is 113 Å². The van der Waals surface area contributed by atoms with Crippen molar-refractivity contribution in [1.29, 1.82) is 0 Å². The van der Waals surface area contributed by atoms with E-state index < -0.39 is 19.8 Å². The molecule has 0 spiro atoms. The molecule has 0 saturated heterocycles. The normalized spacial score (nSPS) is 19.6. The van der Waals surface area contributed by atoms with Crippen molar-refractivity contribution in [3.8, 4) is 5.75 Å². The van der Waals surface area contributed by atoms with Gasteiger partial charge in [0.1, 0.15) is 5.75 Å².